The number of hydrogen-bond donors (Lipinski definition) is 2. The predicted octanol–water partition coefficient (Wildman–Crippen LogP) is 2.95. The molecule has 2 N–H and O–H groups in total. The van der Waals surface area contributed by atoms with Gasteiger partial charge in [-0.1, -0.05) is 24.3 Å². The van der Waals surface area contributed by atoms with Crippen LogP contribution in [-0.2, 0) is 0 Å². The zero-order chi connectivity index (χ0) is 13.3. The summed E-state index contributed by atoms with van der Waals surface area (Å²) in [5.41, 5.74) is 1.84. The van der Waals surface area contributed by atoms with Gasteiger partial charge in [-0.05, 0) is 37.1 Å². The number of carbonyl (C=O) groups is 1. The monoisotopic (exact) mass is 242 g/mol. The van der Waals surface area contributed by atoms with Crippen molar-refractivity contribution in [2.45, 2.75) is 13.8 Å². The first-order valence-corrected chi connectivity index (χ1v) is 5.64. The minimum Gasteiger partial charge on any atom is -0.507 e. The Morgan fingerprint density at radius 1 is 0.833 bits per heavy atom. The van der Waals surface area contributed by atoms with Gasteiger partial charge in [-0.15, -0.1) is 0 Å². The van der Waals surface area contributed by atoms with Gasteiger partial charge in [0.15, 0.2) is 0 Å². The van der Waals surface area contributed by atoms with Crippen LogP contribution in [0.4, 0.5) is 0 Å². The summed E-state index contributed by atoms with van der Waals surface area (Å²) in [6.07, 6.45) is 0. The molecule has 0 fully saturated rings. The van der Waals surface area contributed by atoms with Gasteiger partial charge >= 0.3 is 0 Å². The Morgan fingerprint density at radius 3 is 1.56 bits per heavy atom. The van der Waals surface area contributed by atoms with E-state index in [0.717, 1.165) is 0 Å². The third kappa shape index (κ3) is 1.95. The van der Waals surface area contributed by atoms with Crippen LogP contribution in [0, 0.1) is 13.8 Å². The average molecular weight is 242 g/mol. The maximum atomic E-state index is 12.4. The molecule has 0 heterocycles. The number of benzene rings is 2. The number of rotatable bonds is 2. The van der Waals surface area contributed by atoms with Crippen LogP contribution in [0.3, 0.4) is 0 Å². The second-order valence-electron chi connectivity index (χ2n) is 4.27. The van der Waals surface area contributed by atoms with Gasteiger partial charge in [-0.3, -0.25) is 4.79 Å². The zero-order valence-corrected chi connectivity index (χ0v) is 10.3. The number of aryl methyl sites for hydroxylation is 2. The van der Waals surface area contributed by atoms with E-state index in [1.54, 1.807) is 38.1 Å². The van der Waals surface area contributed by atoms with Gasteiger partial charge in [-0.25, -0.2) is 0 Å². The van der Waals surface area contributed by atoms with Crippen molar-refractivity contribution in [3.63, 3.8) is 0 Å². The molecular weight excluding hydrogens is 228 g/mol. The Kier molecular flexibility index (Phi) is 3.06. The molecule has 0 bridgehead atoms. The fourth-order valence-corrected chi connectivity index (χ4v) is 2.02. The van der Waals surface area contributed by atoms with Gasteiger partial charge in [0, 0.05) is 0 Å². The molecule has 18 heavy (non-hydrogen) atoms. The lowest BCUT2D eigenvalue weighted by molar-refractivity contribution is 0.103. The van der Waals surface area contributed by atoms with Gasteiger partial charge in [0.25, 0.3) is 0 Å². The van der Waals surface area contributed by atoms with Crippen molar-refractivity contribution in [2.24, 2.45) is 0 Å². The molecule has 0 amide bonds. The molecule has 2 aromatic rings. The van der Waals surface area contributed by atoms with Crippen LogP contribution >= 0.6 is 0 Å². The van der Waals surface area contributed by atoms with Crippen LogP contribution in [-0.4, -0.2) is 16.0 Å². The Morgan fingerprint density at radius 2 is 1.22 bits per heavy atom. The van der Waals surface area contributed by atoms with Gasteiger partial charge in [0.2, 0.25) is 5.78 Å². The van der Waals surface area contributed by atoms with E-state index in [0.29, 0.717) is 11.1 Å². The summed E-state index contributed by atoms with van der Waals surface area (Å²) >= 11 is 0. The van der Waals surface area contributed by atoms with Gasteiger partial charge in [0.1, 0.15) is 11.5 Å². The van der Waals surface area contributed by atoms with Crippen LogP contribution < -0.4 is 0 Å². The zero-order valence-electron chi connectivity index (χ0n) is 10.3. The molecule has 0 aliphatic rings. The number of ketones is 1. The summed E-state index contributed by atoms with van der Waals surface area (Å²) in [6, 6.07) is 9.80. The minimum atomic E-state index is -0.360. The van der Waals surface area contributed by atoms with Crippen LogP contribution in [0.15, 0.2) is 36.4 Å². The van der Waals surface area contributed by atoms with Crippen LogP contribution in [0.2, 0.25) is 0 Å². The van der Waals surface area contributed by atoms with Crippen molar-refractivity contribution < 1.29 is 15.0 Å². The first kappa shape index (κ1) is 12.2. The van der Waals surface area contributed by atoms with Crippen molar-refractivity contribution in [1.29, 1.82) is 0 Å². The number of phenols is 2. The maximum Gasteiger partial charge on any atom is 0.200 e. The van der Waals surface area contributed by atoms with Crippen molar-refractivity contribution in [2.75, 3.05) is 0 Å². The Bertz CT molecular complexity index is 521. The first-order valence-electron chi connectivity index (χ1n) is 5.64. The SMILES string of the molecule is Cc1cccc(O)c1C(=O)c1c(C)cccc1O. The van der Waals surface area contributed by atoms with Crippen LogP contribution in [0.25, 0.3) is 0 Å². The second kappa shape index (κ2) is 4.53. The smallest absolute Gasteiger partial charge is 0.200 e. The predicted molar refractivity (Wildman–Crippen MR) is 69.1 cm³/mol. The number of aromatic hydroxyl groups is 2. The van der Waals surface area contributed by atoms with E-state index < -0.39 is 0 Å². The van der Waals surface area contributed by atoms with Gasteiger partial charge in [0.05, 0.1) is 11.1 Å². The topological polar surface area (TPSA) is 57.5 Å². The molecule has 0 unspecified atom stereocenters. The lowest BCUT2D eigenvalue weighted by atomic mass is 9.94. The highest BCUT2D eigenvalue weighted by atomic mass is 16.3. The Hall–Kier alpha value is -2.29. The van der Waals surface area contributed by atoms with E-state index in [-0.39, 0.29) is 28.4 Å². The molecule has 2 aromatic carbocycles. The summed E-state index contributed by atoms with van der Waals surface area (Å²) in [6.45, 7) is 3.50. The number of carbonyl (C=O) groups excluding carboxylic acids is 1. The summed E-state index contributed by atoms with van der Waals surface area (Å²) in [5, 5.41) is 19.6. The molecule has 0 aliphatic carbocycles. The maximum absolute atomic E-state index is 12.4. The minimum absolute atomic E-state index is 0.0670. The first-order chi connectivity index (χ1) is 8.52. The van der Waals surface area contributed by atoms with Crippen molar-refractivity contribution in [1.82, 2.24) is 0 Å². The molecule has 92 valence electrons. The van der Waals surface area contributed by atoms with E-state index in [2.05, 4.69) is 0 Å². The van der Waals surface area contributed by atoms with Crippen LogP contribution in [0.5, 0.6) is 11.5 Å². The van der Waals surface area contributed by atoms with Gasteiger partial charge in [-0.2, -0.15) is 0 Å². The van der Waals surface area contributed by atoms with E-state index in [9.17, 15) is 15.0 Å². The molecule has 0 aromatic heterocycles. The summed E-state index contributed by atoms with van der Waals surface area (Å²) in [4.78, 5) is 12.4. The second-order valence-corrected chi connectivity index (χ2v) is 4.27. The van der Waals surface area contributed by atoms with E-state index in [1.807, 2.05) is 0 Å². The van der Waals surface area contributed by atoms with E-state index in [4.69, 9.17) is 0 Å². The molecule has 0 radical (unpaired) electrons. The largest absolute Gasteiger partial charge is 0.507 e. The molecule has 2 rings (SSSR count). The van der Waals surface area contributed by atoms with Crippen molar-refractivity contribution in [3.05, 3.63) is 58.7 Å². The molecule has 0 aliphatic heterocycles. The summed E-state index contributed by atoms with van der Waals surface area (Å²) < 4.78 is 0. The Balaban J connectivity index is 2.63. The van der Waals surface area contributed by atoms with Crippen LogP contribution in [0.1, 0.15) is 27.0 Å². The van der Waals surface area contributed by atoms with Crippen molar-refractivity contribution >= 4 is 5.78 Å². The fourth-order valence-electron chi connectivity index (χ4n) is 2.02. The standard InChI is InChI=1S/C15H14O3/c1-9-5-3-7-11(16)13(9)15(18)14-10(2)6-4-8-12(14)17/h3-8,16-17H,1-2H3. The third-order valence-corrected chi connectivity index (χ3v) is 2.96. The molecule has 3 nitrogen and oxygen atoms in total. The average Bonchev–Trinajstić information content (AvgIpc) is 2.28. The molecule has 0 saturated carbocycles. The molecule has 0 saturated heterocycles. The molecule has 3 heteroatoms. The molecule has 0 atom stereocenters. The summed E-state index contributed by atoms with van der Waals surface area (Å²) in [5.74, 6) is -0.494. The third-order valence-electron chi connectivity index (χ3n) is 2.96. The fraction of sp³-hybridized carbons (Fsp3) is 0.133. The highest BCUT2D eigenvalue weighted by Crippen LogP contribution is 2.29. The molecule has 0 spiro atoms. The number of hydrogen-bond acceptors (Lipinski definition) is 3. The summed E-state index contributed by atoms with van der Waals surface area (Å²) in [7, 11) is 0. The van der Waals surface area contributed by atoms with Gasteiger partial charge < -0.3 is 10.2 Å². The Labute approximate surface area is 105 Å². The quantitative estimate of drug-likeness (QED) is 0.796. The highest BCUT2D eigenvalue weighted by Gasteiger charge is 2.20. The van der Waals surface area contributed by atoms with E-state index >= 15 is 0 Å². The lowest BCUT2D eigenvalue weighted by Gasteiger charge is -2.10. The van der Waals surface area contributed by atoms with E-state index in [1.165, 1.54) is 12.1 Å². The lowest BCUT2D eigenvalue weighted by Crippen LogP contribution is -2.06. The van der Waals surface area contributed by atoms with Crippen molar-refractivity contribution in [3.8, 4) is 11.5 Å². The normalized spacial score (nSPS) is 10.3. The number of phenolic OH excluding ortho intramolecular Hbond substituents is 2. The highest BCUT2D eigenvalue weighted by molar-refractivity contribution is 6.13. The molecular formula is C15H14O3.